The van der Waals surface area contributed by atoms with E-state index in [-0.39, 0.29) is 39.5 Å². The van der Waals surface area contributed by atoms with Crippen molar-refractivity contribution in [1.29, 1.82) is 0 Å². The first-order chi connectivity index (χ1) is 16.2. The molecule has 2 aromatic rings. The van der Waals surface area contributed by atoms with Gasteiger partial charge in [-0.1, -0.05) is 18.2 Å². The molecule has 34 heavy (non-hydrogen) atoms. The monoisotopic (exact) mass is 488 g/mol. The SMILES string of the molecule is O=C(O)c1c(NS(=O)(=O)c2ccc(F)cc2C=CCN2CC[C@H](O)C2)ccc2c1OCC1CC21. The second kappa shape index (κ2) is 8.68. The predicted molar refractivity (Wildman–Crippen MR) is 123 cm³/mol. The molecule has 0 spiro atoms. The van der Waals surface area contributed by atoms with Crippen LogP contribution in [0.15, 0.2) is 41.3 Å². The lowest BCUT2D eigenvalue weighted by molar-refractivity contribution is 0.0692. The van der Waals surface area contributed by atoms with Gasteiger partial charge in [0.15, 0.2) is 0 Å². The number of aromatic carboxylic acids is 1. The molecule has 180 valence electrons. The normalized spacial score (nSPS) is 23.9. The zero-order valence-electron chi connectivity index (χ0n) is 18.3. The number of hydrogen-bond donors (Lipinski definition) is 3. The van der Waals surface area contributed by atoms with Gasteiger partial charge in [-0.2, -0.15) is 0 Å². The lowest BCUT2D eigenvalue weighted by Gasteiger charge is -2.21. The van der Waals surface area contributed by atoms with Gasteiger partial charge in [-0.15, -0.1) is 0 Å². The smallest absolute Gasteiger partial charge is 0.341 e. The molecule has 0 bridgehead atoms. The summed E-state index contributed by atoms with van der Waals surface area (Å²) < 4.78 is 48.5. The van der Waals surface area contributed by atoms with E-state index in [4.69, 9.17) is 4.74 Å². The van der Waals surface area contributed by atoms with E-state index >= 15 is 0 Å². The number of likely N-dealkylation sites (tertiary alicyclic amines) is 1. The van der Waals surface area contributed by atoms with E-state index in [1.54, 1.807) is 12.1 Å². The first-order valence-corrected chi connectivity index (χ1v) is 12.6. The van der Waals surface area contributed by atoms with Gasteiger partial charge < -0.3 is 14.9 Å². The van der Waals surface area contributed by atoms with Crippen molar-refractivity contribution in [3.05, 3.63) is 58.9 Å². The molecule has 0 aromatic heterocycles. The maximum Gasteiger partial charge on any atom is 0.341 e. The molecule has 2 aliphatic heterocycles. The Hall–Kier alpha value is -2.95. The van der Waals surface area contributed by atoms with Gasteiger partial charge in [0, 0.05) is 25.6 Å². The van der Waals surface area contributed by atoms with Gasteiger partial charge in [0.2, 0.25) is 0 Å². The number of halogens is 1. The summed E-state index contributed by atoms with van der Waals surface area (Å²) in [6.45, 7) is 2.14. The van der Waals surface area contributed by atoms with Gasteiger partial charge >= 0.3 is 5.97 Å². The number of ether oxygens (including phenoxy) is 1. The Morgan fingerprint density at radius 2 is 2.12 bits per heavy atom. The highest BCUT2D eigenvalue weighted by molar-refractivity contribution is 7.92. The Balaban J connectivity index is 1.44. The van der Waals surface area contributed by atoms with Gasteiger partial charge in [-0.05, 0) is 54.2 Å². The number of hydrogen-bond acceptors (Lipinski definition) is 6. The number of carboxylic acids is 1. The molecule has 10 heteroatoms. The number of nitrogens with one attached hydrogen (secondary N) is 1. The third-order valence-corrected chi connectivity index (χ3v) is 8.02. The van der Waals surface area contributed by atoms with Crippen molar-refractivity contribution in [1.82, 2.24) is 4.90 Å². The van der Waals surface area contributed by atoms with E-state index in [2.05, 4.69) is 4.72 Å². The van der Waals surface area contributed by atoms with Crippen LogP contribution in [0.4, 0.5) is 10.1 Å². The third kappa shape index (κ3) is 4.40. The highest BCUT2D eigenvalue weighted by Gasteiger charge is 2.45. The van der Waals surface area contributed by atoms with Crippen LogP contribution in [-0.2, 0) is 10.0 Å². The van der Waals surface area contributed by atoms with Crippen LogP contribution in [0.2, 0.25) is 0 Å². The largest absolute Gasteiger partial charge is 0.492 e. The number of fused-ring (bicyclic) bond motifs is 3. The average molecular weight is 489 g/mol. The van der Waals surface area contributed by atoms with Crippen molar-refractivity contribution in [2.24, 2.45) is 5.92 Å². The summed E-state index contributed by atoms with van der Waals surface area (Å²) in [5.41, 5.74) is 0.599. The lowest BCUT2D eigenvalue weighted by Crippen LogP contribution is -2.22. The van der Waals surface area contributed by atoms with E-state index in [0.29, 0.717) is 32.0 Å². The zero-order valence-corrected chi connectivity index (χ0v) is 19.1. The summed E-state index contributed by atoms with van der Waals surface area (Å²) in [6.07, 6.45) is 4.46. The van der Waals surface area contributed by atoms with E-state index in [1.807, 2.05) is 4.90 Å². The first-order valence-electron chi connectivity index (χ1n) is 11.2. The summed E-state index contributed by atoms with van der Waals surface area (Å²) >= 11 is 0. The van der Waals surface area contributed by atoms with Crippen molar-refractivity contribution in [3.8, 4) is 5.75 Å². The molecule has 2 heterocycles. The van der Waals surface area contributed by atoms with Gasteiger partial charge in [0.05, 0.1) is 23.3 Å². The Labute approximate surface area is 196 Å². The minimum Gasteiger partial charge on any atom is -0.492 e. The molecule has 8 nitrogen and oxygen atoms in total. The van der Waals surface area contributed by atoms with Gasteiger partial charge in [-0.25, -0.2) is 17.6 Å². The fourth-order valence-electron chi connectivity index (χ4n) is 4.75. The maximum atomic E-state index is 14.0. The number of carbonyl (C=O) groups is 1. The highest BCUT2D eigenvalue weighted by atomic mass is 32.2. The predicted octanol–water partition coefficient (Wildman–Crippen LogP) is 2.90. The molecule has 3 atom stereocenters. The zero-order chi connectivity index (χ0) is 24.0. The quantitative estimate of drug-likeness (QED) is 0.549. The molecule has 2 aromatic carbocycles. The molecule has 1 aliphatic carbocycles. The number of carboxylic acid groups (broad SMARTS) is 1. The Bertz CT molecular complexity index is 1280. The van der Waals surface area contributed by atoms with Gasteiger partial charge in [-0.3, -0.25) is 9.62 Å². The van der Waals surface area contributed by atoms with E-state index in [0.717, 1.165) is 36.7 Å². The standard InChI is InChI=1S/C24H25FN2O6S/c25-16-3-6-21(14(10-16)2-1-8-27-9-7-17(28)12-27)34(31,32)26-20-5-4-18-19-11-15(19)13-33-23(18)22(20)24(29)30/h1-6,10,15,17,19,26,28H,7-9,11-13H2,(H,29,30)/t15?,17-,19?/m0/s1. The fourth-order valence-corrected chi connectivity index (χ4v) is 6.00. The van der Waals surface area contributed by atoms with Crippen LogP contribution in [0.1, 0.15) is 40.2 Å². The lowest BCUT2D eigenvalue weighted by atomic mass is 10.0. The Morgan fingerprint density at radius 1 is 1.29 bits per heavy atom. The minimum absolute atomic E-state index is 0.101. The molecule has 0 amide bonds. The number of β-amino-alcohol motifs (C(OH)–C–C–N with tert-alkyl or cyclic N) is 1. The number of anilines is 1. The summed E-state index contributed by atoms with van der Waals surface area (Å²) in [5.74, 6) is -1.05. The molecule has 1 saturated heterocycles. The number of nitrogens with zero attached hydrogens (tertiary/aromatic N) is 1. The van der Waals surface area contributed by atoms with Crippen LogP contribution in [-0.4, -0.2) is 61.8 Å². The van der Waals surface area contributed by atoms with E-state index < -0.39 is 21.8 Å². The van der Waals surface area contributed by atoms with E-state index in [1.165, 1.54) is 12.1 Å². The van der Waals surface area contributed by atoms with Crippen LogP contribution >= 0.6 is 0 Å². The van der Waals surface area contributed by atoms with Gasteiger partial charge in [0.1, 0.15) is 17.1 Å². The number of sulfonamides is 1. The summed E-state index contributed by atoms with van der Waals surface area (Å²) in [5, 5.41) is 19.5. The van der Waals surface area contributed by atoms with Crippen LogP contribution in [0.5, 0.6) is 5.75 Å². The number of aliphatic hydroxyl groups excluding tert-OH is 1. The minimum atomic E-state index is -4.25. The summed E-state index contributed by atoms with van der Waals surface area (Å²) in [7, 11) is -4.25. The van der Waals surface area contributed by atoms with Crippen LogP contribution < -0.4 is 9.46 Å². The van der Waals surface area contributed by atoms with Crippen molar-refractivity contribution in [2.75, 3.05) is 31.0 Å². The molecule has 2 unspecified atom stereocenters. The highest BCUT2D eigenvalue weighted by Crippen LogP contribution is 2.55. The number of rotatable bonds is 7. The van der Waals surface area contributed by atoms with E-state index in [9.17, 15) is 27.8 Å². The van der Waals surface area contributed by atoms with Gasteiger partial charge in [0.25, 0.3) is 10.0 Å². The fraction of sp³-hybridized carbons (Fsp3) is 0.375. The molecular formula is C24H25FN2O6S. The number of aliphatic hydroxyl groups is 1. The van der Waals surface area contributed by atoms with Crippen molar-refractivity contribution >= 4 is 27.8 Å². The number of benzene rings is 2. The average Bonchev–Trinajstić information content (AvgIpc) is 3.46. The molecule has 5 rings (SSSR count). The van der Waals surface area contributed by atoms with Crippen molar-refractivity contribution < 1.29 is 32.6 Å². The van der Waals surface area contributed by atoms with Crippen LogP contribution in [0.3, 0.4) is 0 Å². The Kier molecular flexibility index (Phi) is 5.83. The topological polar surface area (TPSA) is 116 Å². The van der Waals surface area contributed by atoms with Crippen LogP contribution in [0.25, 0.3) is 6.08 Å². The third-order valence-electron chi connectivity index (χ3n) is 6.58. The summed E-state index contributed by atoms with van der Waals surface area (Å²) in [6, 6.07) is 6.47. The second-order valence-electron chi connectivity index (χ2n) is 9.02. The van der Waals surface area contributed by atoms with Crippen molar-refractivity contribution in [3.63, 3.8) is 0 Å². The second-order valence-corrected chi connectivity index (χ2v) is 10.7. The summed E-state index contributed by atoms with van der Waals surface area (Å²) in [4.78, 5) is 13.9. The van der Waals surface area contributed by atoms with Crippen LogP contribution in [0, 0.1) is 11.7 Å². The molecule has 3 N–H and O–H groups in total. The first kappa shape index (κ1) is 22.8. The molecule has 0 radical (unpaired) electrons. The Morgan fingerprint density at radius 3 is 2.85 bits per heavy atom. The molecular weight excluding hydrogens is 463 g/mol. The molecule has 2 fully saturated rings. The molecule has 3 aliphatic rings. The molecule has 1 saturated carbocycles. The van der Waals surface area contributed by atoms with Crippen molar-refractivity contribution in [2.45, 2.75) is 29.8 Å². The maximum absolute atomic E-state index is 14.0.